The molecule has 0 fully saturated rings. The van der Waals surface area contributed by atoms with E-state index < -0.39 is 5.25 Å². The number of hydrogen-bond acceptors (Lipinski definition) is 8. The Morgan fingerprint density at radius 1 is 1.28 bits per heavy atom. The van der Waals surface area contributed by atoms with Crippen LogP contribution in [0.1, 0.15) is 12.7 Å². The Labute approximate surface area is 175 Å². The molecule has 3 rings (SSSR count). The van der Waals surface area contributed by atoms with Crippen molar-refractivity contribution in [1.82, 2.24) is 19.7 Å². The van der Waals surface area contributed by atoms with Gasteiger partial charge in [0.05, 0.1) is 24.5 Å². The molecule has 0 radical (unpaired) electrons. The van der Waals surface area contributed by atoms with Crippen LogP contribution < -0.4 is 15.4 Å². The Morgan fingerprint density at radius 3 is 2.79 bits per heavy atom. The molecule has 0 aliphatic rings. The van der Waals surface area contributed by atoms with Crippen LogP contribution in [0.5, 0.6) is 5.75 Å². The molecule has 29 heavy (non-hydrogen) atoms. The van der Waals surface area contributed by atoms with Crippen molar-refractivity contribution in [3.05, 3.63) is 41.7 Å². The predicted octanol–water partition coefficient (Wildman–Crippen LogP) is 2.58. The van der Waals surface area contributed by atoms with Gasteiger partial charge >= 0.3 is 0 Å². The summed E-state index contributed by atoms with van der Waals surface area (Å²) in [6.45, 7) is 1.77. The first-order chi connectivity index (χ1) is 14.0. The Hall–Kier alpha value is -2.92. The van der Waals surface area contributed by atoms with E-state index in [9.17, 15) is 9.59 Å². The van der Waals surface area contributed by atoms with Gasteiger partial charge in [-0.1, -0.05) is 23.9 Å². The lowest BCUT2D eigenvalue weighted by molar-refractivity contribution is -0.116. The number of thioether (sulfide) groups is 1. The lowest BCUT2D eigenvalue weighted by Gasteiger charge is -2.11. The monoisotopic (exact) mass is 432 g/mol. The van der Waals surface area contributed by atoms with Gasteiger partial charge in [-0.15, -0.1) is 21.5 Å². The molecule has 0 saturated carbocycles. The van der Waals surface area contributed by atoms with Crippen LogP contribution in [0.3, 0.4) is 0 Å². The highest BCUT2D eigenvalue weighted by molar-refractivity contribution is 8.00. The molecule has 0 aliphatic heterocycles. The predicted molar refractivity (Wildman–Crippen MR) is 112 cm³/mol. The molecule has 0 spiro atoms. The minimum atomic E-state index is -0.406. The second-order valence-electron chi connectivity index (χ2n) is 5.97. The van der Waals surface area contributed by atoms with Crippen molar-refractivity contribution in [2.45, 2.75) is 23.8 Å². The summed E-state index contributed by atoms with van der Waals surface area (Å²) >= 11 is 2.61. The number of carbonyl (C=O) groups is 2. The summed E-state index contributed by atoms with van der Waals surface area (Å²) < 4.78 is 6.94. The normalized spacial score (nSPS) is 11.7. The van der Waals surface area contributed by atoms with Crippen LogP contribution >= 0.6 is 23.1 Å². The molecule has 152 valence electrons. The van der Waals surface area contributed by atoms with Crippen LogP contribution in [0.2, 0.25) is 0 Å². The number of anilines is 2. The highest BCUT2D eigenvalue weighted by Gasteiger charge is 2.20. The smallest absolute Gasteiger partial charge is 0.239 e. The van der Waals surface area contributed by atoms with Gasteiger partial charge in [0.15, 0.2) is 10.3 Å². The highest BCUT2D eigenvalue weighted by Crippen LogP contribution is 2.25. The third kappa shape index (κ3) is 5.33. The average Bonchev–Trinajstić information content (AvgIpc) is 3.33. The molecule has 9 nitrogen and oxygen atoms in total. The third-order valence-electron chi connectivity index (χ3n) is 3.94. The second kappa shape index (κ2) is 9.52. The maximum absolute atomic E-state index is 12.4. The van der Waals surface area contributed by atoms with Gasteiger partial charge in [-0.2, -0.15) is 0 Å². The number of amides is 2. The SMILES string of the molecule is COc1ccccc1NC(=O)Cc1nnc(S[C@@H](C)C(=O)Nc2nccs2)n1C. The van der Waals surface area contributed by atoms with Gasteiger partial charge in [-0.25, -0.2) is 4.98 Å². The van der Waals surface area contributed by atoms with Crippen molar-refractivity contribution in [1.29, 1.82) is 0 Å². The van der Waals surface area contributed by atoms with Crippen molar-refractivity contribution in [2.24, 2.45) is 7.05 Å². The Bertz CT molecular complexity index is 989. The summed E-state index contributed by atoms with van der Waals surface area (Å²) in [4.78, 5) is 28.7. The van der Waals surface area contributed by atoms with Crippen LogP contribution in [0.4, 0.5) is 10.8 Å². The summed E-state index contributed by atoms with van der Waals surface area (Å²) in [5.41, 5.74) is 0.587. The van der Waals surface area contributed by atoms with Gasteiger partial charge in [-0.05, 0) is 19.1 Å². The largest absolute Gasteiger partial charge is 0.495 e. The maximum atomic E-state index is 12.4. The quantitative estimate of drug-likeness (QED) is 0.526. The molecule has 2 amide bonds. The van der Waals surface area contributed by atoms with Crippen LogP contribution in [-0.4, -0.2) is 43.9 Å². The third-order valence-corrected chi connectivity index (χ3v) is 5.76. The fourth-order valence-corrected chi connectivity index (χ4v) is 3.76. The van der Waals surface area contributed by atoms with Gasteiger partial charge in [0.1, 0.15) is 11.6 Å². The minimum absolute atomic E-state index is 0.0435. The van der Waals surface area contributed by atoms with Crippen LogP contribution in [0.15, 0.2) is 41.0 Å². The first-order valence-corrected chi connectivity index (χ1v) is 10.4. The lowest BCUT2D eigenvalue weighted by atomic mass is 10.2. The molecule has 0 aliphatic carbocycles. The molecule has 2 aromatic heterocycles. The molecule has 2 heterocycles. The van der Waals surface area contributed by atoms with E-state index in [0.29, 0.717) is 27.5 Å². The van der Waals surface area contributed by atoms with Gasteiger partial charge in [0, 0.05) is 18.6 Å². The molecule has 0 bridgehead atoms. The standard InChI is InChI=1S/C18H20N6O3S2/c1-11(16(26)21-17-19-8-9-28-17)29-18-23-22-14(24(18)2)10-15(25)20-12-6-4-5-7-13(12)27-3/h4-9,11H,10H2,1-3H3,(H,20,25)(H,19,21,26)/t11-/m0/s1. The fourth-order valence-electron chi connectivity index (χ4n) is 2.39. The second-order valence-corrected chi connectivity index (χ2v) is 8.17. The molecular weight excluding hydrogens is 412 g/mol. The molecule has 1 atom stereocenters. The van der Waals surface area contributed by atoms with E-state index in [0.717, 1.165) is 0 Å². The van der Waals surface area contributed by atoms with E-state index >= 15 is 0 Å². The number of para-hydroxylation sites is 2. The Morgan fingerprint density at radius 2 is 2.07 bits per heavy atom. The van der Waals surface area contributed by atoms with E-state index in [1.807, 2.05) is 12.1 Å². The number of nitrogens with zero attached hydrogens (tertiary/aromatic N) is 4. The summed E-state index contributed by atoms with van der Waals surface area (Å²) in [5.74, 6) is 0.655. The van der Waals surface area contributed by atoms with Crippen LogP contribution in [0, 0.1) is 0 Å². The molecule has 0 saturated heterocycles. The highest BCUT2D eigenvalue weighted by atomic mass is 32.2. The van der Waals surface area contributed by atoms with Crippen LogP contribution in [0.25, 0.3) is 0 Å². The number of rotatable bonds is 8. The van der Waals surface area contributed by atoms with E-state index in [4.69, 9.17) is 4.74 Å². The Kier molecular flexibility index (Phi) is 6.83. The van der Waals surface area contributed by atoms with Gasteiger partial charge < -0.3 is 19.9 Å². The van der Waals surface area contributed by atoms with Gasteiger partial charge in [-0.3, -0.25) is 9.59 Å². The zero-order valence-electron chi connectivity index (χ0n) is 16.1. The fraction of sp³-hybridized carbons (Fsp3) is 0.278. The maximum Gasteiger partial charge on any atom is 0.239 e. The van der Waals surface area contributed by atoms with E-state index in [2.05, 4.69) is 25.8 Å². The molecule has 2 N–H and O–H groups in total. The average molecular weight is 433 g/mol. The minimum Gasteiger partial charge on any atom is -0.495 e. The van der Waals surface area contributed by atoms with Crippen molar-refractivity contribution < 1.29 is 14.3 Å². The van der Waals surface area contributed by atoms with Crippen molar-refractivity contribution in [3.63, 3.8) is 0 Å². The van der Waals surface area contributed by atoms with E-state index in [1.165, 1.54) is 23.1 Å². The van der Waals surface area contributed by atoms with Crippen molar-refractivity contribution in [2.75, 3.05) is 17.7 Å². The van der Waals surface area contributed by atoms with E-state index in [-0.39, 0.29) is 18.2 Å². The summed E-state index contributed by atoms with van der Waals surface area (Å²) in [6, 6.07) is 7.17. The number of carbonyl (C=O) groups excluding carboxylic acids is 2. The van der Waals surface area contributed by atoms with E-state index in [1.54, 1.807) is 49.4 Å². The number of nitrogens with one attached hydrogen (secondary N) is 2. The number of methoxy groups -OCH3 is 1. The van der Waals surface area contributed by atoms with Gasteiger partial charge in [0.25, 0.3) is 0 Å². The first-order valence-electron chi connectivity index (χ1n) is 8.66. The zero-order valence-corrected chi connectivity index (χ0v) is 17.7. The first kappa shape index (κ1) is 20.8. The van der Waals surface area contributed by atoms with Crippen molar-refractivity contribution >= 4 is 45.7 Å². The summed E-state index contributed by atoms with van der Waals surface area (Å²) in [5, 5.41) is 16.2. The molecule has 1 aromatic carbocycles. The zero-order chi connectivity index (χ0) is 20.8. The molecular formula is C18H20N6O3S2. The van der Waals surface area contributed by atoms with Gasteiger partial charge in [0.2, 0.25) is 11.8 Å². The topological polar surface area (TPSA) is 111 Å². The van der Waals surface area contributed by atoms with Crippen LogP contribution in [-0.2, 0) is 23.1 Å². The molecule has 0 unspecified atom stereocenters. The summed E-state index contributed by atoms with van der Waals surface area (Å²) in [7, 11) is 3.31. The Balaban J connectivity index is 1.60. The molecule has 11 heteroatoms. The summed E-state index contributed by atoms with van der Waals surface area (Å²) in [6.07, 6.45) is 1.67. The number of thiazole rings is 1. The number of ether oxygens (including phenoxy) is 1. The molecule has 3 aromatic rings. The number of aromatic nitrogens is 4. The lowest BCUT2D eigenvalue weighted by Crippen LogP contribution is -2.22. The number of benzene rings is 1. The number of hydrogen-bond donors (Lipinski definition) is 2. The van der Waals surface area contributed by atoms with Crippen molar-refractivity contribution in [3.8, 4) is 5.75 Å².